The first-order valence-corrected chi connectivity index (χ1v) is 9.49. The standard InChI is InChI=1S/C23H21N3O6/c1-31-20-14-21(32-2)19(26(29)30)13-16(20)15-24-25-22(27)23(28,17-9-5-3-6-10-17)18-11-7-4-8-12-18/h3-15,28H,1-2H3,(H,25,27)/b24-15+. The highest BCUT2D eigenvalue weighted by Gasteiger charge is 2.39. The topological polar surface area (TPSA) is 123 Å². The Hall–Kier alpha value is -4.24. The molecule has 32 heavy (non-hydrogen) atoms. The molecule has 2 N–H and O–H groups in total. The summed E-state index contributed by atoms with van der Waals surface area (Å²) in [4.78, 5) is 23.7. The summed E-state index contributed by atoms with van der Waals surface area (Å²) in [7, 11) is 2.70. The summed E-state index contributed by atoms with van der Waals surface area (Å²) >= 11 is 0. The minimum absolute atomic E-state index is 0.0237. The number of carbonyl (C=O) groups is 1. The number of rotatable bonds is 8. The second-order valence-electron chi connectivity index (χ2n) is 6.66. The number of carbonyl (C=O) groups excluding carboxylic acids is 1. The molecule has 0 aliphatic rings. The van der Waals surface area contributed by atoms with Crippen molar-refractivity contribution < 1.29 is 24.3 Å². The lowest BCUT2D eigenvalue weighted by atomic mass is 9.85. The molecule has 0 saturated carbocycles. The Morgan fingerprint density at radius 2 is 1.53 bits per heavy atom. The van der Waals surface area contributed by atoms with Gasteiger partial charge in [-0.15, -0.1) is 0 Å². The summed E-state index contributed by atoms with van der Waals surface area (Å²) in [5.74, 6) is -0.518. The third kappa shape index (κ3) is 4.42. The maximum absolute atomic E-state index is 13.1. The molecule has 0 atom stereocenters. The molecule has 0 unspecified atom stereocenters. The Balaban J connectivity index is 1.94. The van der Waals surface area contributed by atoms with Crippen LogP contribution in [0.1, 0.15) is 16.7 Å². The number of methoxy groups -OCH3 is 2. The van der Waals surface area contributed by atoms with Crippen molar-refractivity contribution in [2.45, 2.75) is 5.60 Å². The second kappa shape index (κ2) is 9.71. The number of nitro groups is 1. The molecule has 0 bridgehead atoms. The lowest BCUT2D eigenvalue weighted by molar-refractivity contribution is -0.385. The van der Waals surface area contributed by atoms with Gasteiger partial charge in [0.05, 0.1) is 25.4 Å². The van der Waals surface area contributed by atoms with Crippen molar-refractivity contribution >= 4 is 17.8 Å². The summed E-state index contributed by atoms with van der Waals surface area (Å²) in [5, 5.41) is 26.6. The molecule has 9 heteroatoms. The summed E-state index contributed by atoms with van der Waals surface area (Å²) < 4.78 is 10.3. The smallest absolute Gasteiger partial charge is 0.311 e. The number of hydrogen-bond acceptors (Lipinski definition) is 7. The molecule has 9 nitrogen and oxygen atoms in total. The first-order valence-electron chi connectivity index (χ1n) is 9.49. The third-order valence-corrected chi connectivity index (χ3v) is 4.81. The summed E-state index contributed by atoms with van der Waals surface area (Å²) in [6.07, 6.45) is 1.19. The molecule has 0 aromatic heterocycles. The number of hydrazone groups is 1. The maximum atomic E-state index is 13.1. The molecule has 0 aliphatic carbocycles. The van der Waals surface area contributed by atoms with Gasteiger partial charge in [0.15, 0.2) is 5.60 Å². The molecular formula is C23H21N3O6. The molecule has 0 radical (unpaired) electrons. The number of nitrogens with one attached hydrogen (secondary N) is 1. The van der Waals surface area contributed by atoms with Gasteiger partial charge in [0.1, 0.15) is 5.75 Å². The Bertz CT molecular complexity index is 1090. The molecule has 3 aromatic rings. The van der Waals surface area contributed by atoms with E-state index in [9.17, 15) is 20.0 Å². The lowest BCUT2D eigenvalue weighted by Gasteiger charge is -2.27. The Morgan fingerprint density at radius 1 is 1.00 bits per heavy atom. The van der Waals surface area contributed by atoms with Crippen molar-refractivity contribution in [3.05, 3.63) is 99.6 Å². The number of aliphatic hydroxyl groups is 1. The van der Waals surface area contributed by atoms with Crippen LogP contribution in [0.4, 0.5) is 5.69 Å². The average molecular weight is 435 g/mol. The molecule has 0 heterocycles. The normalized spacial score (nSPS) is 11.2. The Labute approximate surface area is 184 Å². The summed E-state index contributed by atoms with van der Waals surface area (Å²) in [6, 6.07) is 19.5. The van der Waals surface area contributed by atoms with E-state index in [1.807, 2.05) is 0 Å². The van der Waals surface area contributed by atoms with E-state index in [4.69, 9.17) is 9.47 Å². The zero-order chi connectivity index (χ0) is 23.1. The van der Waals surface area contributed by atoms with E-state index in [-0.39, 0.29) is 22.7 Å². The van der Waals surface area contributed by atoms with Crippen molar-refractivity contribution in [1.29, 1.82) is 0 Å². The van der Waals surface area contributed by atoms with Gasteiger partial charge in [0.25, 0.3) is 5.91 Å². The van der Waals surface area contributed by atoms with E-state index in [0.29, 0.717) is 11.1 Å². The first-order chi connectivity index (χ1) is 15.4. The van der Waals surface area contributed by atoms with Gasteiger partial charge in [0.2, 0.25) is 5.75 Å². The molecule has 0 fully saturated rings. The number of hydrogen-bond donors (Lipinski definition) is 2. The highest BCUT2D eigenvalue weighted by molar-refractivity contribution is 5.92. The van der Waals surface area contributed by atoms with Crippen molar-refractivity contribution in [3.63, 3.8) is 0 Å². The fraction of sp³-hybridized carbons (Fsp3) is 0.130. The van der Waals surface area contributed by atoms with Gasteiger partial charge in [-0.05, 0) is 11.1 Å². The Morgan fingerprint density at radius 3 is 2.00 bits per heavy atom. The van der Waals surface area contributed by atoms with Gasteiger partial charge < -0.3 is 14.6 Å². The highest BCUT2D eigenvalue weighted by Crippen LogP contribution is 2.34. The van der Waals surface area contributed by atoms with Crippen LogP contribution in [-0.4, -0.2) is 36.4 Å². The van der Waals surface area contributed by atoms with Crippen LogP contribution < -0.4 is 14.9 Å². The largest absolute Gasteiger partial charge is 0.496 e. The molecule has 0 aliphatic heterocycles. The summed E-state index contributed by atoms with van der Waals surface area (Å²) in [6.45, 7) is 0. The van der Waals surface area contributed by atoms with Crippen molar-refractivity contribution in [2.75, 3.05) is 14.2 Å². The molecule has 0 saturated heterocycles. The van der Waals surface area contributed by atoms with E-state index in [2.05, 4.69) is 10.5 Å². The van der Waals surface area contributed by atoms with Gasteiger partial charge in [-0.1, -0.05) is 60.7 Å². The van der Waals surface area contributed by atoms with Gasteiger partial charge in [-0.25, -0.2) is 5.43 Å². The predicted octanol–water partition coefficient (Wildman–Crippen LogP) is 3.00. The van der Waals surface area contributed by atoms with Crippen molar-refractivity contribution in [2.24, 2.45) is 5.10 Å². The number of ether oxygens (including phenoxy) is 2. The molecule has 164 valence electrons. The van der Waals surface area contributed by atoms with Crippen molar-refractivity contribution in [3.8, 4) is 11.5 Å². The van der Waals surface area contributed by atoms with E-state index < -0.39 is 16.4 Å². The quantitative estimate of drug-likeness (QED) is 0.319. The minimum Gasteiger partial charge on any atom is -0.496 e. The van der Waals surface area contributed by atoms with E-state index in [1.165, 1.54) is 32.6 Å². The number of amides is 1. The average Bonchev–Trinajstić information content (AvgIpc) is 2.84. The minimum atomic E-state index is -2.00. The zero-order valence-electron chi connectivity index (χ0n) is 17.4. The van der Waals surface area contributed by atoms with Gasteiger partial charge in [0, 0.05) is 17.7 Å². The van der Waals surface area contributed by atoms with Gasteiger partial charge in [-0.2, -0.15) is 5.10 Å². The van der Waals surface area contributed by atoms with Crippen LogP contribution in [-0.2, 0) is 10.4 Å². The number of nitro benzene ring substituents is 1. The molecular weight excluding hydrogens is 414 g/mol. The first kappa shape index (κ1) is 22.4. The van der Waals surface area contributed by atoms with Crippen LogP contribution in [0.25, 0.3) is 0 Å². The monoisotopic (exact) mass is 435 g/mol. The molecule has 3 rings (SSSR count). The Kier molecular flexibility index (Phi) is 6.81. The van der Waals surface area contributed by atoms with E-state index >= 15 is 0 Å². The van der Waals surface area contributed by atoms with Crippen LogP contribution in [0.5, 0.6) is 11.5 Å². The van der Waals surface area contributed by atoms with Crippen LogP contribution in [0.3, 0.4) is 0 Å². The van der Waals surface area contributed by atoms with Crippen LogP contribution in [0.15, 0.2) is 77.9 Å². The SMILES string of the molecule is COc1cc(OC)c([N+](=O)[O-])cc1/C=N/NC(=O)C(O)(c1ccccc1)c1ccccc1. The zero-order valence-corrected chi connectivity index (χ0v) is 17.4. The molecule has 1 amide bonds. The van der Waals surface area contributed by atoms with Crippen LogP contribution in [0, 0.1) is 10.1 Å². The maximum Gasteiger partial charge on any atom is 0.311 e. The molecule has 0 spiro atoms. The third-order valence-electron chi connectivity index (χ3n) is 4.81. The summed E-state index contributed by atoms with van der Waals surface area (Å²) in [5.41, 5.74) is 0.986. The van der Waals surface area contributed by atoms with Gasteiger partial charge >= 0.3 is 5.69 Å². The fourth-order valence-corrected chi connectivity index (χ4v) is 3.18. The number of benzene rings is 3. The highest BCUT2D eigenvalue weighted by atomic mass is 16.6. The van der Waals surface area contributed by atoms with E-state index in [0.717, 1.165) is 0 Å². The predicted molar refractivity (Wildman–Crippen MR) is 118 cm³/mol. The fourth-order valence-electron chi connectivity index (χ4n) is 3.18. The van der Waals surface area contributed by atoms with Gasteiger partial charge in [-0.3, -0.25) is 14.9 Å². The molecule has 3 aromatic carbocycles. The number of nitrogens with zero attached hydrogens (tertiary/aromatic N) is 2. The van der Waals surface area contributed by atoms with Crippen LogP contribution >= 0.6 is 0 Å². The second-order valence-corrected chi connectivity index (χ2v) is 6.66. The van der Waals surface area contributed by atoms with Crippen LogP contribution in [0.2, 0.25) is 0 Å². The lowest BCUT2D eigenvalue weighted by Crippen LogP contribution is -2.43. The van der Waals surface area contributed by atoms with E-state index in [1.54, 1.807) is 60.7 Å². The van der Waals surface area contributed by atoms with Crippen molar-refractivity contribution in [1.82, 2.24) is 5.43 Å².